The SMILES string of the molecule is CCOc1cc(C=C2C(=O)NC(=O)N(C3CCCCC3)C2=O)ccc1OCc1ccccc1F. The number of hydrogen-bond acceptors (Lipinski definition) is 5. The Bertz CT molecular complexity index is 1120. The fraction of sp³-hybridized carbons (Fsp3) is 0.346. The van der Waals surface area contributed by atoms with Gasteiger partial charge < -0.3 is 9.47 Å². The van der Waals surface area contributed by atoms with E-state index in [9.17, 15) is 18.8 Å². The predicted octanol–water partition coefficient (Wildman–Crippen LogP) is 4.60. The Balaban J connectivity index is 1.57. The summed E-state index contributed by atoms with van der Waals surface area (Å²) < 4.78 is 25.4. The number of urea groups is 1. The van der Waals surface area contributed by atoms with Gasteiger partial charge in [-0.25, -0.2) is 9.18 Å². The van der Waals surface area contributed by atoms with E-state index in [-0.39, 0.29) is 24.0 Å². The molecule has 1 aliphatic heterocycles. The average molecular weight is 467 g/mol. The molecule has 4 amide bonds. The number of carbonyl (C=O) groups excluding carboxylic acids is 3. The Labute approximate surface area is 197 Å². The number of hydrogen-bond donors (Lipinski definition) is 1. The number of nitrogens with one attached hydrogen (secondary N) is 1. The molecule has 1 N–H and O–H groups in total. The molecule has 4 rings (SSSR count). The van der Waals surface area contributed by atoms with E-state index in [1.54, 1.807) is 36.4 Å². The smallest absolute Gasteiger partial charge is 0.331 e. The van der Waals surface area contributed by atoms with Gasteiger partial charge in [-0.2, -0.15) is 0 Å². The van der Waals surface area contributed by atoms with E-state index in [4.69, 9.17) is 9.47 Å². The summed E-state index contributed by atoms with van der Waals surface area (Å²) in [5.74, 6) is -0.859. The largest absolute Gasteiger partial charge is 0.490 e. The van der Waals surface area contributed by atoms with Gasteiger partial charge in [0.2, 0.25) is 0 Å². The second-order valence-corrected chi connectivity index (χ2v) is 8.30. The summed E-state index contributed by atoms with van der Waals surface area (Å²) in [6.45, 7) is 2.20. The van der Waals surface area contributed by atoms with E-state index < -0.39 is 17.8 Å². The second kappa shape index (κ2) is 10.5. The lowest BCUT2D eigenvalue weighted by molar-refractivity contribution is -0.132. The van der Waals surface area contributed by atoms with Crippen LogP contribution in [-0.2, 0) is 16.2 Å². The number of ether oxygens (including phenoxy) is 2. The topological polar surface area (TPSA) is 84.9 Å². The van der Waals surface area contributed by atoms with Crippen LogP contribution in [0.15, 0.2) is 48.0 Å². The molecule has 0 unspecified atom stereocenters. The van der Waals surface area contributed by atoms with Crippen LogP contribution in [0.3, 0.4) is 0 Å². The van der Waals surface area contributed by atoms with Gasteiger partial charge >= 0.3 is 6.03 Å². The van der Waals surface area contributed by atoms with Crippen LogP contribution in [0.1, 0.15) is 50.2 Å². The fourth-order valence-corrected chi connectivity index (χ4v) is 4.28. The average Bonchev–Trinajstić information content (AvgIpc) is 2.83. The van der Waals surface area contributed by atoms with Gasteiger partial charge in [0.1, 0.15) is 18.0 Å². The molecule has 2 fully saturated rings. The molecule has 0 aromatic heterocycles. The lowest BCUT2D eigenvalue weighted by atomic mass is 9.93. The van der Waals surface area contributed by atoms with Gasteiger partial charge in [-0.1, -0.05) is 43.5 Å². The van der Waals surface area contributed by atoms with Crippen molar-refractivity contribution in [2.45, 2.75) is 51.7 Å². The van der Waals surface area contributed by atoms with Gasteiger partial charge in [-0.05, 0) is 49.6 Å². The minimum absolute atomic E-state index is 0.0204. The van der Waals surface area contributed by atoms with Crippen molar-refractivity contribution in [2.75, 3.05) is 6.61 Å². The molecule has 7 nitrogen and oxygen atoms in total. The van der Waals surface area contributed by atoms with Gasteiger partial charge in [0.15, 0.2) is 11.5 Å². The first-order valence-electron chi connectivity index (χ1n) is 11.5. The number of amides is 4. The minimum atomic E-state index is -0.722. The zero-order valence-electron chi connectivity index (χ0n) is 19.0. The Morgan fingerprint density at radius 3 is 2.53 bits per heavy atom. The summed E-state index contributed by atoms with van der Waals surface area (Å²) >= 11 is 0. The molecule has 8 heteroatoms. The van der Waals surface area contributed by atoms with Crippen molar-refractivity contribution in [2.24, 2.45) is 0 Å². The van der Waals surface area contributed by atoms with Crippen molar-refractivity contribution in [3.05, 3.63) is 65.0 Å². The maximum atomic E-state index is 13.9. The highest BCUT2D eigenvalue weighted by molar-refractivity contribution is 6.31. The van der Waals surface area contributed by atoms with Crippen molar-refractivity contribution < 1.29 is 28.2 Å². The van der Waals surface area contributed by atoms with Crippen molar-refractivity contribution in [3.63, 3.8) is 0 Å². The van der Waals surface area contributed by atoms with Gasteiger partial charge in [-0.3, -0.25) is 19.8 Å². The summed E-state index contributed by atoms with van der Waals surface area (Å²) in [6.07, 6.45) is 5.89. The van der Waals surface area contributed by atoms with E-state index in [1.807, 2.05) is 6.92 Å². The normalized spacial score (nSPS) is 18.2. The summed E-state index contributed by atoms with van der Waals surface area (Å²) in [5, 5.41) is 2.29. The quantitative estimate of drug-likeness (QED) is 0.476. The van der Waals surface area contributed by atoms with Crippen LogP contribution < -0.4 is 14.8 Å². The molecular formula is C26H27FN2O5. The van der Waals surface area contributed by atoms with Crippen LogP contribution in [0.5, 0.6) is 11.5 Å². The molecule has 2 aromatic carbocycles. The molecular weight excluding hydrogens is 439 g/mol. The van der Waals surface area contributed by atoms with Crippen LogP contribution in [-0.4, -0.2) is 35.4 Å². The molecule has 178 valence electrons. The monoisotopic (exact) mass is 466 g/mol. The van der Waals surface area contributed by atoms with Gasteiger partial charge in [0.25, 0.3) is 11.8 Å². The second-order valence-electron chi connectivity index (χ2n) is 8.30. The number of rotatable bonds is 7. The summed E-state index contributed by atoms with van der Waals surface area (Å²) in [4.78, 5) is 39.2. The summed E-state index contributed by atoms with van der Waals surface area (Å²) in [6, 6.07) is 10.5. The fourth-order valence-electron chi connectivity index (χ4n) is 4.28. The molecule has 0 atom stereocenters. The first-order chi connectivity index (χ1) is 16.5. The van der Waals surface area contributed by atoms with Crippen molar-refractivity contribution in [1.29, 1.82) is 0 Å². The third kappa shape index (κ3) is 5.11. The molecule has 1 heterocycles. The molecule has 1 aliphatic carbocycles. The number of barbiturate groups is 1. The van der Waals surface area contributed by atoms with E-state index in [0.29, 0.717) is 29.2 Å². The van der Waals surface area contributed by atoms with Crippen molar-refractivity contribution >= 4 is 23.9 Å². The van der Waals surface area contributed by atoms with E-state index in [1.165, 1.54) is 17.0 Å². The highest BCUT2D eigenvalue weighted by atomic mass is 19.1. The van der Waals surface area contributed by atoms with Crippen LogP contribution in [0, 0.1) is 5.82 Å². The number of benzene rings is 2. The van der Waals surface area contributed by atoms with Gasteiger partial charge in [0.05, 0.1) is 6.61 Å². The molecule has 0 spiro atoms. The first kappa shape index (κ1) is 23.5. The molecule has 1 saturated heterocycles. The zero-order chi connectivity index (χ0) is 24.1. The molecule has 2 aromatic rings. The summed E-state index contributed by atoms with van der Waals surface area (Å²) in [7, 11) is 0. The lowest BCUT2D eigenvalue weighted by Crippen LogP contribution is -2.58. The van der Waals surface area contributed by atoms with Crippen LogP contribution in [0.2, 0.25) is 0 Å². The lowest BCUT2D eigenvalue weighted by Gasteiger charge is -2.35. The van der Waals surface area contributed by atoms with E-state index >= 15 is 0 Å². The third-order valence-electron chi connectivity index (χ3n) is 5.99. The highest BCUT2D eigenvalue weighted by Crippen LogP contribution is 2.31. The minimum Gasteiger partial charge on any atom is -0.490 e. The highest BCUT2D eigenvalue weighted by Gasteiger charge is 2.40. The molecule has 34 heavy (non-hydrogen) atoms. The maximum Gasteiger partial charge on any atom is 0.331 e. The van der Waals surface area contributed by atoms with Crippen molar-refractivity contribution in [3.8, 4) is 11.5 Å². The van der Waals surface area contributed by atoms with Crippen molar-refractivity contribution in [1.82, 2.24) is 10.2 Å². The molecule has 1 saturated carbocycles. The number of halogens is 1. The Morgan fingerprint density at radius 2 is 1.79 bits per heavy atom. The Morgan fingerprint density at radius 1 is 1.03 bits per heavy atom. The van der Waals surface area contributed by atoms with Crippen LogP contribution in [0.4, 0.5) is 9.18 Å². The predicted molar refractivity (Wildman–Crippen MR) is 124 cm³/mol. The number of nitrogens with zero attached hydrogens (tertiary/aromatic N) is 1. The van der Waals surface area contributed by atoms with Gasteiger partial charge in [-0.15, -0.1) is 0 Å². The Hall–Kier alpha value is -3.68. The van der Waals surface area contributed by atoms with E-state index in [2.05, 4.69) is 5.32 Å². The standard InChI is InChI=1S/C26H27FN2O5/c1-2-33-23-15-17(12-13-22(23)34-16-18-8-6-7-11-21(18)27)14-20-24(30)28-26(32)29(25(20)31)19-9-4-3-5-10-19/h6-8,11-15,19H,2-5,9-10,16H2,1H3,(H,28,30,32). The first-order valence-corrected chi connectivity index (χ1v) is 11.5. The number of carbonyl (C=O) groups is 3. The Kier molecular flexibility index (Phi) is 7.25. The molecule has 2 aliphatic rings. The molecule has 0 bridgehead atoms. The number of imide groups is 2. The zero-order valence-corrected chi connectivity index (χ0v) is 19.0. The van der Waals surface area contributed by atoms with Gasteiger partial charge in [0, 0.05) is 11.6 Å². The van der Waals surface area contributed by atoms with Crippen LogP contribution in [0.25, 0.3) is 6.08 Å². The van der Waals surface area contributed by atoms with Crippen LogP contribution >= 0.6 is 0 Å². The van der Waals surface area contributed by atoms with E-state index in [0.717, 1.165) is 32.1 Å². The maximum absolute atomic E-state index is 13.9. The summed E-state index contributed by atoms with van der Waals surface area (Å²) in [5.41, 5.74) is 0.846. The molecule has 0 radical (unpaired) electrons. The third-order valence-corrected chi connectivity index (χ3v) is 5.99.